The van der Waals surface area contributed by atoms with Crippen molar-refractivity contribution in [3.8, 4) is 5.69 Å². The van der Waals surface area contributed by atoms with Crippen molar-refractivity contribution >= 4 is 11.8 Å². The molecule has 1 heterocycles. The molecular weight excluding hydrogens is 246 g/mol. The number of benzene rings is 1. The van der Waals surface area contributed by atoms with E-state index in [0.29, 0.717) is 6.04 Å². The van der Waals surface area contributed by atoms with Crippen LogP contribution in [0.2, 0.25) is 0 Å². The predicted octanol–water partition coefficient (Wildman–Crippen LogP) is 1.75. The summed E-state index contributed by atoms with van der Waals surface area (Å²) in [6, 6.07) is 10.4. The second-order valence-electron chi connectivity index (χ2n) is 4.17. The van der Waals surface area contributed by atoms with Crippen molar-refractivity contribution in [2.75, 3.05) is 12.3 Å². The molecule has 0 amide bonds. The molecule has 1 N–H and O–H groups in total. The Bertz CT molecular complexity index is 468. The average molecular weight is 263 g/mol. The molecule has 0 aliphatic carbocycles. The first-order chi connectivity index (χ1) is 8.77. The minimum Gasteiger partial charge on any atom is -0.314 e. The molecule has 5 nitrogen and oxygen atoms in total. The van der Waals surface area contributed by atoms with Crippen LogP contribution in [0.5, 0.6) is 0 Å². The molecule has 0 unspecified atom stereocenters. The molecule has 0 atom stereocenters. The summed E-state index contributed by atoms with van der Waals surface area (Å²) in [5.74, 6) is 0.950. The lowest BCUT2D eigenvalue weighted by Gasteiger charge is -2.07. The lowest BCUT2D eigenvalue weighted by Crippen LogP contribution is -2.25. The van der Waals surface area contributed by atoms with E-state index in [1.807, 2.05) is 30.3 Å². The Morgan fingerprint density at radius 1 is 1.28 bits per heavy atom. The first-order valence-electron chi connectivity index (χ1n) is 5.97. The first kappa shape index (κ1) is 13.0. The summed E-state index contributed by atoms with van der Waals surface area (Å²) in [6.45, 7) is 5.22. The van der Waals surface area contributed by atoms with Crippen LogP contribution in [-0.4, -0.2) is 38.5 Å². The summed E-state index contributed by atoms with van der Waals surface area (Å²) in [4.78, 5) is 0. The Morgan fingerprint density at radius 3 is 2.78 bits per heavy atom. The number of nitrogens with zero attached hydrogens (tertiary/aromatic N) is 4. The quantitative estimate of drug-likeness (QED) is 0.635. The van der Waals surface area contributed by atoms with Gasteiger partial charge in [-0.25, -0.2) is 0 Å². The van der Waals surface area contributed by atoms with Gasteiger partial charge in [-0.3, -0.25) is 0 Å². The minimum atomic E-state index is 0.510. The van der Waals surface area contributed by atoms with Gasteiger partial charge in [0.1, 0.15) is 0 Å². The molecule has 0 radical (unpaired) electrons. The maximum absolute atomic E-state index is 4.05. The molecule has 0 saturated heterocycles. The van der Waals surface area contributed by atoms with E-state index in [0.717, 1.165) is 23.1 Å². The Kier molecular flexibility index (Phi) is 4.72. The zero-order valence-electron chi connectivity index (χ0n) is 10.6. The molecule has 2 aromatic rings. The average Bonchev–Trinajstić information content (AvgIpc) is 2.84. The molecule has 96 valence electrons. The molecule has 6 heteroatoms. The lowest BCUT2D eigenvalue weighted by atomic mass is 10.3. The van der Waals surface area contributed by atoms with Crippen molar-refractivity contribution in [3.05, 3.63) is 30.3 Å². The maximum Gasteiger partial charge on any atom is 0.214 e. The molecule has 18 heavy (non-hydrogen) atoms. The van der Waals surface area contributed by atoms with E-state index in [9.17, 15) is 0 Å². The highest BCUT2D eigenvalue weighted by molar-refractivity contribution is 7.99. The maximum atomic E-state index is 4.05. The molecule has 0 bridgehead atoms. The molecule has 0 aliphatic heterocycles. The van der Waals surface area contributed by atoms with E-state index in [2.05, 4.69) is 34.7 Å². The number of thioether (sulfide) groups is 1. The van der Waals surface area contributed by atoms with Gasteiger partial charge in [0.05, 0.1) is 5.69 Å². The smallest absolute Gasteiger partial charge is 0.214 e. The summed E-state index contributed by atoms with van der Waals surface area (Å²) >= 11 is 1.65. The molecule has 2 rings (SSSR count). The number of nitrogens with one attached hydrogen (secondary N) is 1. The molecule has 1 aromatic carbocycles. The van der Waals surface area contributed by atoms with Crippen molar-refractivity contribution in [3.63, 3.8) is 0 Å². The van der Waals surface area contributed by atoms with Crippen LogP contribution in [0.15, 0.2) is 35.5 Å². The van der Waals surface area contributed by atoms with Gasteiger partial charge >= 0.3 is 0 Å². The highest BCUT2D eigenvalue weighted by Gasteiger charge is 2.07. The monoisotopic (exact) mass is 263 g/mol. The number of hydrogen-bond acceptors (Lipinski definition) is 5. The van der Waals surface area contributed by atoms with Crippen LogP contribution in [-0.2, 0) is 0 Å². The molecule has 1 aromatic heterocycles. The van der Waals surface area contributed by atoms with Gasteiger partial charge in [0.15, 0.2) is 0 Å². The van der Waals surface area contributed by atoms with Gasteiger partial charge in [0, 0.05) is 18.3 Å². The number of hydrogen-bond donors (Lipinski definition) is 1. The standard InChI is InChI=1S/C12H17N5S/c1-10(2)13-8-9-18-12-14-15-16-17(12)11-6-4-3-5-7-11/h3-7,10,13H,8-9H2,1-2H3. The third-order valence-electron chi connectivity index (χ3n) is 2.33. The predicted molar refractivity (Wildman–Crippen MR) is 73.0 cm³/mol. The van der Waals surface area contributed by atoms with Gasteiger partial charge in [-0.05, 0) is 22.6 Å². The normalized spacial score (nSPS) is 11.1. The van der Waals surface area contributed by atoms with Crippen molar-refractivity contribution < 1.29 is 0 Å². The Balaban J connectivity index is 1.96. The fourth-order valence-corrected chi connectivity index (χ4v) is 2.25. The summed E-state index contributed by atoms with van der Waals surface area (Å²) in [5, 5.41) is 16.0. The summed E-state index contributed by atoms with van der Waals surface area (Å²) in [6.07, 6.45) is 0. The third-order valence-corrected chi connectivity index (χ3v) is 3.25. The number of tetrazole rings is 1. The SMILES string of the molecule is CC(C)NCCSc1nnnn1-c1ccccc1. The van der Waals surface area contributed by atoms with Gasteiger partial charge in [-0.2, -0.15) is 4.68 Å². The number of rotatable bonds is 6. The highest BCUT2D eigenvalue weighted by Crippen LogP contribution is 2.17. The molecular formula is C12H17N5S. The topological polar surface area (TPSA) is 55.6 Å². The third kappa shape index (κ3) is 3.54. The van der Waals surface area contributed by atoms with Crippen molar-refractivity contribution in [2.45, 2.75) is 25.0 Å². The Labute approximate surface area is 111 Å². The van der Waals surface area contributed by atoms with Crippen molar-refractivity contribution in [1.82, 2.24) is 25.5 Å². The molecule has 0 fully saturated rings. The van der Waals surface area contributed by atoms with Gasteiger partial charge < -0.3 is 5.32 Å². The van der Waals surface area contributed by atoms with Crippen LogP contribution < -0.4 is 5.32 Å². The Morgan fingerprint density at radius 2 is 2.06 bits per heavy atom. The van der Waals surface area contributed by atoms with Crippen LogP contribution in [0.1, 0.15) is 13.8 Å². The second kappa shape index (κ2) is 6.51. The van der Waals surface area contributed by atoms with E-state index >= 15 is 0 Å². The molecule has 0 spiro atoms. The van der Waals surface area contributed by atoms with Gasteiger partial charge in [0.2, 0.25) is 5.16 Å². The fraction of sp³-hybridized carbons (Fsp3) is 0.417. The van der Waals surface area contributed by atoms with E-state index in [4.69, 9.17) is 0 Å². The second-order valence-corrected chi connectivity index (χ2v) is 5.23. The first-order valence-corrected chi connectivity index (χ1v) is 6.96. The lowest BCUT2D eigenvalue weighted by molar-refractivity contribution is 0.615. The van der Waals surface area contributed by atoms with E-state index in [1.54, 1.807) is 16.4 Å². The molecule has 0 aliphatic rings. The number of para-hydroxylation sites is 1. The zero-order chi connectivity index (χ0) is 12.8. The van der Waals surface area contributed by atoms with E-state index in [-0.39, 0.29) is 0 Å². The van der Waals surface area contributed by atoms with Crippen molar-refractivity contribution in [2.24, 2.45) is 0 Å². The highest BCUT2D eigenvalue weighted by atomic mass is 32.2. The van der Waals surface area contributed by atoms with E-state index < -0.39 is 0 Å². The van der Waals surface area contributed by atoms with Crippen LogP contribution in [0.4, 0.5) is 0 Å². The number of aromatic nitrogens is 4. The zero-order valence-corrected chi connectivity index (χ0v) is 11.4. The summed E-state index contributed by atoms with van der Waals surface area (Å²) < 4.78 is 1.76. The van der Waals surface area contributed by atoms with Crippen LogP contribution in [0.3, 0.4) is 0 Å². The minimum absolute atomic E-state index is 0.510. The van der Waals surface area contributed by atoms with Crippen LogP contribution >= 0.6 is 11.8 Å². The summed E-state index contributed by atoms with van der Waals surface area (Å²) in [5.41, 5.74) is 0.988. The fourth-order valence-electron chi connectivity index (χ4n) is 1.49. The van der Waals surface area contributed by atoms with Gasteiger partial charge in [-0.1, -0.05) is 43.8 Å². The largest absolute Gasteiger partial charge is 0.314 e. The summed E-state index contributed by atoms with van der Waals surface area (Å²) in [7, 11) is 0. The van der Waals surface area contributed by atoms with E-state index in [1.165, 1.54) is 0 Å². The van der Waals surface area contributed by atoms with Gasteiger partial charge in [-0.15, -0.1) is 5.10 Å². The van der Waals surface area contributed by atoms with Gasteiger partial charge in [0.25, 0.3) is 0 Å². The van der Waals surface area contributed by atoms with Crippen LogP contribution in [0, 0.1) is 0 Å². The molecule has 0 saturated carbocycles. The van der Waals surface area contributed by atoms with Crippen molar-refractivity contribution in [1.29, 1.82) is 0 Å². The van der Waals surface area contributed by atoms with Crippen LogP contribution in [0.25, 0.3) is 5.69 Å². The Hall–Kier alpha value is -1.40.